The van der Waals surface area contributed by atoms with E-state index in [1.807, 2.05) is 32.0 Å². The van der Waals surface area contributed by atoms with Crippen LogP contribution in [0.2, 0.25) is 0 Å². The third kappa shape index (κ3) is 5.65. The molecule has 0 fully saturated rings. The smallest absolute Gasteiger partial charge is 0.345 e. The fourth-order valence-corrected chi connectivity index (χ4v) is 2.58. The van der Waals surface area contributed by atoms with Crippen LogP contribution >= 0.6 is 23.8 Å². The summed E-state index contributed by atoms with van der Waals surface area (Å²) >= 11 is 2.95. The summed E-state index contributed by atoms with van der Waals surface area (Å²) in [5.74, 6) is 1.52. The van der Waals surface area contributed by atoms with Crippen LogP contribution in [0.3, 0.4) is 0 Å². The minimum absolute atomic E-state index is 0.136. The summed E-state index contributed by atoms with van der Waals surface area (Å²) in [6.07, 6.45) is 0. The van der Waals surface area contributed by atoms with Crippen LogP contribution in [0.5, 0.6) is 0 Å². The van der Waals surface area contributed by atoms with Gasteiger partial charge in [0.15, 0.2) is 0 Å². The van der Waals surface area contributed by atoms with E-state index in [1.165, 1.54) is 16.9 Å². The van der Waals surface area contributed by atoms with E-state index in [1.54, 1.807) is 11.8 Å². The van der Waals surface area contributed by atoms with Crippen molar-refractivity contribution in [3.63, 3.8) is 0 Å². The van der Waals surface area contributed by atoms with Crippen molar-refractivity contribution in [1.29, 1.82) is 0 Å². The molecule has 0 atom stereocenters. The lowest BCUT2D eigenvalue weighted by Crippen LogP contribution is -2.08. The number of hydrogen-bond acceptors (Lipinski definition) is 4. The Labute approximate surface area is 117 Å². The van der Waals surface area contributed by atoms with Crippen LogP contribution in [0.25, 0.3) is 0 Å². The van der Waals surface area contributed by atoms with Gasteiger partial charge in [0.25, 0.3) is 0 Å². The Morgan fingerprint density at radius 3 is 2.56 bits per heavy atom. The first-order valence-electron chi connectivity index (χ1n) is 5.81. The number of carbonyl (C=O) groups is 1. The molecular formula is C14H18O2S2. The largest absolute Gasteiger partial charge is 0.388 e. The molecule has 0 aliphatic heterocycles. The summed E-state index contributed by atoms with van der Waals surface area (Å²) in [6, 6.07) is 10.2. The highest BCUT2D eigenvalue weighted by molar-refractivity contribution is 8.01. The van der Waals surface area contributed by atoms with Gasteiger partial charge in [0.05, 0.1) is 12.0 Å². The molecule has 4 heteroatoms. The molecule has 0 aliphatic carbocycles. The van der Waals surface area contributed by atoms with E-state index in [0.29, 0.717) is 5.57 Å². The molecule has 98 valence electrons. The van der Waals surface area contributed by atoms with Gasteiger partial charge in [-0.3, -0.25) is 0 Å². The highest BCUT2D eigenvalue weighted by Gasteiger charge is 2.12. The Kier molecular flexibility index (Phi) is 6.98. The average molecular weight is 282 g/mol. The fourth-order valence-electron chi connectivity index (χ4n) is 1.09. The third-order valence-electron chi connectivity index (χ3n) is 2.27. The molecule has 1 aromatic carbocycles. The van der Waals surface area contributed by atoms with Crippen molar-refractivity contribution in [3.05, 3.63) is 42.5 Å². The first kappa shape index (κ1) is 15.2. The molecule has 0 N–H and O–H groups in total. The van der Waals surface area contributed by atoms with Crippen LogP contribution in [0.15, 0.2) is 47.4 Å². The number of hydrogen-bond donors (Lipinski definition) is 0. The minimum Gasteiger partial charge on any atom is -0.388 e. The molecule has 0 unspecified atom stereocenters. The quantitative estimate of drug-likeness (QED) is 0.324. The molecule has 0 spiro atoms. The Balaban J connectivity index is 2.12. The molecular weight excluding hydrogens is 264 g/mol. The van der Waals surface area contributed by atoms with Crippen molar-refractivity contribution in [2.24, 2.45) is 5.92 Å². The summed E-state index contributed by atoms with van der Waals surface area (Å²) in [7, 11) is 0. The van der Waals surface area contributed by atoms with E-state index >= 15 is 0 Å². The van der Waals surface area contributed by atoms with Crippen molar-refractivity contribution in [2.45, 2.75) is 18.7 Å². The fraction of sp³-hybridized carbons (Fsp3) is 0.357. The van der Waals surface area contributed by atoms with Gasteiger partial charge in [-0.2, -0.15) is 0 Å². The van der Waals surface area contributed by atoms with E-state index < -0.39 is 0 Å². The van der Waals surface area contributed by atoms with Crippen LogP contribution in [-0.4, -0.2) is 17.5 Å². The first-order valence-corrected chi connectivity index (χ1v) is 7.71. The molecule has 0 saturated heterocycles. The summed E-state index contributed by atoms with van der Waals surface area (Å²) in [5, 5.41) is 0. The molecule has 1 aromatic rings. The van der Waals surface area contributed by atoms with Crippen molar-refractivity contribution in [2.75, 3.05) is 11.5 Å². The predicted molar refractivity (Wildman–Crippen MR) is 79.7 cm³/mol. The molecule has 18 heavy (non-hydrogen) atoms. The summed E-state index contributed by atoms with van der Waals surface area (Å²) in [4.78, 5) is 12.7. The van der Waals surface area contributed by atoms with Crippen molar-refractivity contribution in [1.82, 2.24) is 0 Å². The molecule has 0 aromatic heterocycles. The summed E-state index contributed by atoms with van der Waals surface area (Å²) in [5.41, 5.74) is 0.526. The zero-order valence-electron chi connectivity index (χ0n) is 10.7. The zero-order chi connectivity index (χ0) is 13.4. The summed E-state index contributed by atoms with van der Waals surface area (Å²) < 4.78 is 5.07. The predicted octanol–water partition coefficient (Wildman–Crippen LogP) is 4.18. The van der Waals surface area contributed by atoms with Crippen molar-refractivity contribution < 1.29 is 8.98 Å². The van der Waals surface area contributed by atoms with Gasteiger partial charge in [-0.15, -0.1) is 11.8 Å². The van der Waals surface area contributed by atoms with E-state index in [2.05, 4.69) is 18.7 Å². The van der Waals surface area contributed by atoms with Crippen LogP contribution in [0.4, 0.5) is 0 Å². The molecule has 0 amide bonds. The van der Waals surface area contributed by atoms with E-state index in [-0.39, 0.29) is 11.9 Å². The second kappa shape index (κ2) is 8.27. The van der Waals surface area contributed by atoms with Gasteiger partial charge >= 0.3 is 5.97 Å². The Morgan fingerprint density at radius 1 is 1.28 bits per heavy atom. The number of carbonyl (C=O) groups excluding carboxylic acids is 1. The molecule has 0 aliphatic rings. The summed E-state index contributed by atoms with van der Waals surface area (Å²) in [6.45, 7) is 7.57. The molecule has 1 rings (SSSR count). The third-order valence-corrected chi connectivity index (χ3v) is 4.18. The molecule has 2 nitrogen and oxygen atoms in total. The van der Waals surface area contributed by atoms with Crippen LogP contribution in [0.1, 0.15) is 13.8 Å². The Morgan fingerprint density at radius 2 is 1.94 bits per heavy atom. The van der Waals surface area contributed by atoms with Crippen LogP contribution in [-0.2, 0) is 8.98 Å². The van der Waals surface area contributed by atoms with Gasteiger partial charge in [-0.25, -0.2) is 4.79 Å². The monoisotopic (exact) mass is 282 g/mol. The van der Waals surface area contributed by atoms with Crippen molar-refractivity contribution in [3.8, 4) is 0 Å². The van der Waals surface area contributed by atoms with Gasteiger partial charge in [-0.1, -0.05) is 38.6 Å². The van der Waals surface area contributed by atoms with Crippen molar-refractivity contribution >= 4 is 29.8 Å². The van der Waals surface area contributed by atoms with Gasteiger partial charge in [0.1, 0.15) is 0 Å². The number of thioether (sulfide) groups is 1. The maximum atomic E-state index is 11.5. The second-order valence-electron chi connectivity index (χ2n) is 4.03. The van der Waals surface area contributed by atoms with Gasteiger partial charge < -0.3 is 4.18 Å². The molecule has 0 radical (unpaired) electrons. The SMILES string of the molecule is C=C(C(=O)OSCCSc1ccccc1)C(C)C. The van der Waals surface area contributed by atoms with E-state index in [0.717, 1.165) is 11.5 Å². The normalized spacial score (nSPS) is 10.4. The lowest BCUT2D eigenvalue weighted by Gasteiger charge is -2.07. The minimum atomic E-state index is -0.306. The van der Waals surface area contributed by atoms with Crippen LogP contribution in [0, 0.1) is 5.92 Å². The topological polar surface area (TPSA) is 26.3 Å². The molecule has 0 heterocycles. The maximum absolute atomic E-state index is 11.5. The van der Waals surface area contributed by atoms with Gasteiger partial charge in [0, 0.05) is 22.0 Å². The van der Waals surface area contributed by atoms with E-state index in [4.69, 9.17) is 4.18 Å². The number of rotatable bonds is 7. The number of benzene rings is 1. The van der Waals surface area contributed by atoms with Crippen LogP contribution < -0.4 is 0 Å². The molecule has 0 bridgehead atoms. The lowest BCUT2D eigenvalue weighted by atomic mass is 10.1. The second-order valence-corrected chi connectivity index (χ2v) is 6.01. The standard InChI is InChI=1S/C14H18O2S2/c1-11(2)12(3)14(15)16-18-10-9-17-13-7-5-4-6-8-13/h4-8,11H,3,9-10H2,1-2H3. The Bertz CT molecular complexity index is 388. The van der Waals surface area contributed by atoms with Gasteiger partial charge in [0.2, 0.25) is 0 Å². The van der Waals surface area contributed by atoms with E-state index in [9.17, 15) is 4.79 Å². The highest BCUT2D eigenvalue weighted by Crippen LogP contribution is 2.19. The zero-order valence-corrected chi connectivity index (χ0v) is 12.4. The average Bonchev–Trinajstić information content (AvgIpc) is 2.38. The Hall–Kier alpha value is -0.870. The van der Waals surface area contributed by atoms with Gasteiger partial charge in [-0.05, 0) is 18.1 Å². The lowest BCUT2D eigenvalue weighted by molar-refractivity contribution is -0.129. The maximum Gasteiger partial charge on any atom is 0.345 e. The molecule has 0 saturated carbocycles. The first-order chi connectivity index (χ1) is 8.61. The highest BCUT2D eigenvalue weighted by atomic mass is 32.2.